The second-order valence-electron chi connectivity index (χ2n) is 3.67. The number of halogens is 2. The number of rotatable bonds is 4. The van der Waals surface area contributed by atoms with Crippen LogP contribution in [0.5, 0.6) is 5.75 Å². The molecular formula is C12H7BrINO5. The van der Waals surface area contributed by atoms with Crippen LogP contribution in [-0.2, 0) is 0 Å². The molecule has 2 aromatic rings. The number of ether oxygens (including phenoxy) is 1. The molecule has 6 nitrogen and oxygen atoms in total. The summed E-state index contributed by atoms with van der Waals surface area (Å²) in [5.41, 5.74) is 0.0711. The van der Waals surface area contributed by atoms with Crippen molar-refractivity contribution in [3.63, 3.8) is 0 Å². The van der Waals surface area contributed by atoms with Crippen LogP contribution in [0.4, 0.5) is 5.69 Å². The van der Waals surface area contributed by atoms with Gasteiger partial charge < -0.3 is 9.15 Å². The van der Waals surface area contributed by atoms with Crippen LogP contribution in [0, 0.1) is 13.7 Å². The van der Waals surface area contributed by atoms with E-state index in [0.29, 0.717) is 14.3 Å². The van der Waals surface area contributed by atoms with Gasteiger partial charge in [-0.2, -0.15) is 0 Å². The highest BCUT2D eigenvalue weighted by Gasteiger charge is 2.29. The third kappa shape index (κ3) is 2.57. The van der Waals surface area contributed by atoms with Crippen LogP contribution in [0.1, 0.15) is 10.6 Å². The van der Waals surface area contributed by atoms with Crippen LogP contribution in [-0.4, -0.2) is 18.3 Å². The van der Waals surface area contributed by atoms with E-state index in [1.807, 2.05) is 22.6 Å². The summed E-state index contributed by atoms with van der Waals surface area (Å²) in [7, 11) is 1.35. The molecule has 104 valence electrons. The molecule has 1 aromatic carbocycles. The number of nitro benzene ring substituents is 1. The van der Waals surface area contributed by atoms with E-state index in [0.717, 1.165) is 0 Å². The number of furan rings is 1. The third-order valence-electron chi connectivity index (χ3n) is 2.54. The Morgan fingerprint density at radius 3 is 2.70 bits per heavy atom. The molecule has 0 saturated heterocycles. The molecule has 0 saturated carbocycles. The molecule has 0 spiro atoms. The third-order valence-corrected chi connectivity index (χ3v) is 3.98. The maximum atomic E-state index is 11.3. The van der Waals surface area contributed by atoms with Gasteiger partial charge in [0.25, 0.3) is 0 Å². The molecule has 1 heterocycles. The lowest BCUT2D eigenvalue weighted by Gasteiger charge is -2.09. The number of methoxy groups -OCH3 is 1. The van der Waals surface area contributed by atoms with Crippen LogP contribution in [0.2, 0.25) is 0 Å². The minimum absolute atomic E-state index is 0.104. The van der Waals surface area contributed by atoms with E-state index in [-0.39, 0.29) is 28.5 Å². The minimum Gasteiger partial charge on any atom is -0.489 e. The number of carbonyl (C=O) groups is 1. The van der Waals surface area contributed by atoms with Gasteiger partial charge in [0.2, 0.25) is 5.75 Å². The molecule has 0 N–H and O–H groups in total. The molecule has 2 rings (SSSR count). The zero-order valence-electron chi connectivity index (χ0n) is 10.1. The predicted molar refractivity (Wildman–Crippen MR) is 83.2 cm³/mol. The average Bonchev–Trinajstić information content (AvgIpc) is 2.86. The molecule has 8 heteroatoms. The minimum atomic E-state index is -0.538. The molecule has 0 unspecified atom stereocenters. The molecule has 0 radical (unpaired) electrons. The Morgan fingerprint density at radius 1 is 1.50 bits per heavy atom. The van der Waals surface area contributed by atoms with Crippen molar-refractivity contribution in [3.8, 4) is 17.1 Å². The smallest absolute Gasteiger partial charge is 0.324 e. The Labute approximate surface area is 135 Å². The van der Waals surface area contributed by atoms with Crippen LogP contribution in [0.15, 0.2) is 27.1 Å². The van der Waals surface area contributed by atoms with Crippen molar-refractivity contribution in [2.45, 2.75) is 0 Å². The monoisotopic (exact) mass is 451 g/mol. The fourth-order valence-electron chi connectivity index (χ4n) is 1.74. The number of carbonyl (C=O) groups excluding carboxylic acids is 1. The van der Waals surface area contributed by atoms with Gasteiger partial charge in [0.1, 0.15) is 11.3 Å². The first kappa shape index (κ1) is 15.0. The molecular weight excluding hydrogens is 445 g/mol. The van der Waals surface area contributed by atoms with Crippen LogP contribution in [0.25, 0.3) is 11.3 Å². The van der Waals surface area contributed by atoms with E-state index in [9.17, 15) is 14.9 Å². The van der Waals surface area contributed by atoms with Crippen molar-refractivity contribution < 1.29 is 18.9 Å². The van der Waals surface area contributed by atoms with Crippen molar-refractivity contribution in [2.75, 3.05) is 7.11 Å². The molecule has 0 amide bonds. The Morgan fingerprint density at radius 2 is 2.20 bits per heavy atom. The normalized spacial score (nSPS) is 10.3. The zero-order chi connectivity index (χ0) is 14.9. The summed E-state index contributed by atoms with van der Waals surface area (Å²) in [4.78, 5) is 21.5. The van der Waals surface area contributed by atoms with Gasteiger partial charge in [0.05, 0.1) is 16.5 Å². The molecule has 0 fully saturated rings. The highest BCUT2D eigenvalue weighted by molar-refractivity contribution is 14.1. The number of hydrogen-bond donors (Lipinski definition) is 0. The Kier molecular flexibility index (Phi) is 4.43. The van der Waals surface area contributed by atoms with Gasteiger partial charge in [-0.25, -0.2) is 0 Å². The van der Waals surface area contributed by atoms with Crippen molar-refractivity contribution in [3.05, 3.63) is 42.1 Å². The maximum absolute atomic E-state index is 11.3. The van der Waals surface area contributed by atoms with E-state index in [1.165, 1.54) is 19.2 Å². The van der Waals surface area contributed by atoms with Gasteiger partial charge in [-0.15, -0.1) is 0 Å². The van der Waals surface area contributed by atoms with E-state index in [1.54, 1.807) is 6.07 Å². The van der Waals surface area contributed by atoms with Crippen LogP contribution in [0.3, 0.4) is 0 Å². The number of nitrogens with zero attached hydrogens (tertiary/aromatic N) is 1. The molecule has 0 aliphatic rings. The largest absolute Gasteiger partial charge is 0.489 e. The second-order valence-corrected chi connectivity index (χ2v) is 5.69. The summed E-state index contributed by atoms with van der Waals surface area (Å²) in [6.45, 7) is 0. The van der Waals surface area contributed by atoms with Crippen molar-refractivity contribution in [1.29, 1.82) is 0 Å². The number of benzene rings is 1. The lowest BCUT2D eigenvalue weighted by Crippen LogP contribution is -1.99. The molecule has 0 atom stereocenters. The average molecular weight is 452 g/mol. The van der Waals surface area contributed by atoms with Crippen molar-refractivity contribution in [2.24, 2.45) is 0 Å². The molecule has 0 aliphatic carbocycles. The van der Waals surface area contributed by atoms with Gasteiger partial charge in [-0.05, 0) is 56.7 Å². The predicted octanol–water partition coefficient (Wildman–Crippen LogP) is 4.04. The lowest BCUT2D eigenvalue weighted by atomic mass is 10.1. The molecule has 0 aliphatic heterocycles. The summed E-state index contributed by atoms with van der Waals surface area (Å²) in [5.74, 6) is 0.454. The Hall–Kier alpha value is -1.42. The summed E-state index contributed by atoms with van der Waals surface area (Å²) in [5, 5.41) is 11.3. The van der Waals surface area contributed by atoms with Gasteiger partial charge in [-0.1, -0.05) is 0 Å². The van der Waals surface area contributed by atoms with Crippen molar-refractivity contribution >= 4 is 50.5 Å². The molecule has 20 heavy (non-hydrogen) atoms. The van der Waals surface area contributed by atoms with Crippen molar-refractivity contribution in [1.82, 2.24) is 0 Å². The number of aldehydes is 1. The van der Waals surface area contributed by atoms with E-state index in [4.69, 9.17) is 9.15 Å². The van der Waals surface area contributed by atoms with Gasteiger partial charge in [0, 0.05) is 3.57 Å². The van der Waals surface area contributed by atoms with Gasteiger partial charge in [-0.3, -0.25) is 14.9 Å². The first-order valence-corrected chi connectivity index (χ1v) is 7.12. The molecule has 1 aromatic heterocycles. The fourth-order valence-corrected chi connectivity index (χ4v) is 3.58. The standard InChI is InChI=1S/C12H7BrINO5/c1-19-12-7(13)4-8(14)10(11(12)15(17)18)9-3-2-6(5-16)20-9/h2-5H,1H3. The number of nitro groups is 1. The summed E-state index contributed by atoms with van der Waals surface area (Å²) in [6.07, 6.45) is 0.540. The zero-order valence-corrected chi connectivity index (χ0v) is 13.8. The van der Waals surface area contributed by atoms with Crippen LogP contribution < -0.4 is 4.74 Å². The number of hydrogen-bond acceptors (Lipinski definition) is 5. The Balaban J connectivity index is 2.80. The van der Waals surface area contributed by atoms with Gasteiger partial charge in [0.15, 0.2) is 12.0 Å². The first-order chi connectivity index (χ1) is 9.49. The first-order valence-electron chi connectivity index (χ1n) is 5.25. The van der Waals surface area contributed by atoms with Gasteiger partial charge >= 0.3 is 5.69 Å². The quantitative estimate of drug-likeness (QED) is 0.303. The van der Waals surface area contributed by atoms with Crippen LogP contribution >= 0.6 is 38.5 Å². The lowest BCUT2D eigenvalue weighted by molar-refractivity contribution is -0.385. The molecule has 0 bridgehead atoms. The summed E-state index contributed by atoms with van der Waals surface area (Å²) in [6, 6.07) is 4.66. The maximum Gasteiger partial charge on any atom is 0.324 e. The fraction of sp³-hybridized carbons (Fsp3) is 0.0833. The van der Waals surface area contributed by atoms with E-state index < -0.39 is 4.92 Å². The highest BCUT2D eigenvalue weighted by atomic mass is 127. The summed E-state index contributed by atoms with van der Waals surface area (Å²) >= 11 is 5.20. The second kappa shape index (κ2) is 5.92. The topological polar surface area (TPSA) is 82.6 Å². The highest BCUT2D eigenvalue weighted by Crippen LogP contribution is 2.45. The SMILES string of the molecule is COc1c(Br)cc(I)c(-c2ccc(C=O)o2)c1[N+](=O)[O-]. The summed E-state index contributed by atoms with van der Waals surface area (Å²) < 4.78 is 11.4. The van der Waals surface area contributed by atoms with E-state index in [2.05, 4.69) is 15.9 Å². The van der Waals surface area contributed by atoms with E-state index >= 15 is 0 Å². The Bertz CT molecular complexity index is 697.